The van der Waals surface area contributed by atoms with E-state index in [2.05, 4.69) is 10.4 Å². The van der Waals surface area contributed by atoms with E-state index >= 15 is 0 Å². The van der Waals surface area contributed by atoms with Gasteiger partial charge in [-0.05, 0) is 48.2 Å². The van der Waals surface area contributed by atoms with Crippen molar-refractivity contribution in [1.29, 1.82) is 0 Å². The van der Waals surface area contributed by atoms with Crippen molar-refractivity contribution in [2.24, 2.45) is 12.2 Å². The molecule has 3 N–H and O–H groups in total. The second kappa shape index (κ2) is 7.55. The van der Waals surface area contributed by atoms with Crippen molar-refractivity contribution in [3.05, 3.63) is 66.5 Å². The van der Waals surface area contributed by atoms with Crippen LogP contribution in [0.2, 0.25) is 0 Å². The van der Waals surface area contributed by atoms with E-state index < -0.39 is 0 Å². The lowest BCUT2D eigenvalue weighted by Crippen LogP contribution is -2.18. The summed E-state index contributed by atoms with van der Waals surface area (Å²) in [5.41, 5.74) is 3.65. The van der Waals surface area contributed by atoms with Crippen LogP contribution in [0.1, 0.15) is 18.4 Å². The third-order valence-corrected chi connectivity index (χ3v) is 4.55. The molecule has 3 aromatic rings. The Morgan fingerprint density at radius 1 is 1.20 bits per heavy atom. The van der Waals surface area contributed by atoms with Gasteiger partial charge in [0.25, 0.3) is 0 Å². The lowest BCUT2D eigenvalue weighted by Gasteiger charge is -2.14. The van der Waals surface area contributed by atoms with E-state index in [0.717, 1.165) is 39.2 Å². The fraction of sp³-hybridized carbons (Fsp3) is 0.158. The first-order valence-corrected chi connectivity index (χ1v) is 8.81. The quantitative estimate of drug-likeness (QED) is 0.685. The molecule has 25 heavy (non-hydrogen) atoms. The number of anilines is 1. The highest BCUT2D eigenvalue weighted by atomic mass is 32.2. The number of rotatable bonds is 5. The van der Waals surface area contributed by atoms with Crippen LogP contribution in [0.15, 0.2) is 65.8 Å². The van der Waals surface area contributed by atoms with Crippen molar-refractivity contribution in [2.45, 2.75) is 17.7 Å². The standard InChI is InChI=1S/C19H20N4OS/c1-13(14-6-4-3-5-7-14)19(24)22-17-8-15(9-18(10-17)25-20)16-11-21-23(2)12-16/h3-13H,20H2,1-2H3,(H,22,24). The lowest BCUT2D eigenvalue weighted by molar-refractivity contribution is -0.117. The maximum Gasteiger partial charge on any atom is 0.231 e. The Morgan fingerprint density at radius 3 is 2.60 bits per heavy atom. The Morgan fingerprint density at radius 2 is 1.96 bits per heavy atom. The molecular weight excluding hydrogens is 332 g/mol. The van der Waals surface area contributed by atoms with Gasteiger partial charge in [-0.15, -0.1) is 0 Å². The van der Waals surface area contributed by atoms with Gasteiger partial charge in [-0.25, -0.2) is 0 Å². The Labute approximate surface area is 151 Å². The van der Waals surface area contributed by atoms with E-state index in [0.29, 0.717) is 0 Å². The van der Waals surface area contributed by atoms with E-state index in [1.54, 1.807) is 10.9 Å². The molecular formula is C19H20N4OS. The molecule has 1 unspecified atom stereocenters. The van der Waals surface area contributed by atoms with E-state index in [4.69, 9.17) is 5.14 Å². The summed E-state index contributed by atoms with van der Waals surface area (Å²) >= 11 is 1.15. The van der Waals surface area contributed by atoms with Gasteiger partial charge >= 0.3 is 0 Å². The highest BCUT2D eigenvalue weighted by Crippen LogP contribution is 2.28. The molecule has 0 aliphatic heterocycles. The van der Waals surface area contributed by atoms with Crippen molar-refractivity contribution in [2.75, 3.05) is 5.32 Å². The lowest BCUT2D eigenvalue weighted by atomic mass is 10.0. The number of carbonyl (C=O) groups excluding carboxylic acids is 1. The second-order valence-electron chi connectivity index (χ2n) is 5.89. The summed E-state index contributed by atoms with van der Waals surface area (Å²) < 4.78 is 1.74. The number of amides is 1. The number of carbonyl (C=O) groups is 1. The van der Waals surface area contributed by atoms with Gasteiger partial charge in [0.05, 0.1) is 12.1 Å². The van der Waals surface area contributed by atoms with Gasteiger partial charge in [0, 0.05) is 29.4 Å². The summed E-state index contributed by atoms with van der Waals surface area (Å²) in [6.45, 7) is 1.90. The molecule has 1 amide bonds. The van der Waals surface area contributed by atoms with Crippen LogP contribution in [0.3, 0.4) is 0 Å². The SMILES string of the molecule is CC(C(=O)Nc1cc(SN)cc(-c2cnn(C)c2)c1)c1ccccc1. The molecule has 3 rings (SSSR count). The molecule has 0 aliphatic carbocycles. The van der Waals surface area contributed by atoms with Crippen molar-refractivity contribution in [3.63, 3.8) is 0 Å². The van der Waals surface area contributed by atoms with Gasteiger partial charge in [-0.3, -0.25) is 14.6 Å². The summed E-state index contributed by atoms with van der Waals surface area (Å²) in [7, 11) is 1.87. The van der Waals surface area contributed by atoms with Crippen molar-refractivity contribution >= 4 is 23.5 Å². The molecule has 6 heteroatoms. The zero-order chi connectivity index (χ0) is 17.8. The van der Waals surface area contributed by atoms with Crippen LogP contribution in [-0.4, -0.2) is 15.7 Å². The molecule has 0 fully saturated rings. The van der Waals surface area contributed by atoms with Crippen molar-refractivity contribution < 1.29 is 4.79 Å². The molecule has 0 spiro atoms. The maximum absolute atomic E-state index is 12.6. The van der Waals surface area contributed by atoms with Gasteiger partial charge < -0.3 is 5.32 Å². The topological polar surface area (TPSA) is 72.9 Å². The number of benzene rings is 2. The van der Waals surface area contributed by atoms with Crippen LogP contribution >= 0.6 is 11.9 Å². The van der Waals surface area contributed by atoms with Crippen LogP contribution in [0.5, 0.6) is 0 Å². The minimum atomic E-state index is -0.239. The molecule has 1 heterocycles. The highest BCUT2D eigenvalue weighted by molar-refractivity contribution is 7.97. The van der Waals surface area contributed by atoms with Gasteiger partial charge in [0.1, 0.15) is 0 Å². The van der Waals surface area contributed by atoms with Gasteiger partial charge in [0.2, 0.25) is 5.91 Å². The Balaban J connectivity index is 1.85. The molecule has 5 nitrogen and oxygen atoms in total. The average molecular weight is 352 g/mol. The smallest absolute Gasteiger partial charge is 0.231 e. The number of aromatic nitrogens is 2. The summed E-state index contributed by atoms with van der Waals surface area (Å²) in [5, 5.41) is 12.9. The Kier molecular flexibility index (Phi) is 5.21. The molecule has 2 aromatic carbocycles. The molecule has 0 saturated heterocycles. The van der Waals surface area contributed by atoms with Crippen LogP contribution in [0.4, 0.5) is 5.69 Å². The zero-order valence-corrected chi connectivity index (χ0v) is 15.0. The average Bonchev–Trinajstić information content (AvgIpc) is 3.08. The Hall–Kier alpha value is -2.57. The first-order chi connectivity index (χ1) is 12.1. The van der Waals surface area contributed by atoms with Gasteiger partial charge in [0.15, 0.2) is 0 Å². The predicted molar refractivity (Wildman–Crippen MR) is 102 cm³/mol. The van der Waals surface area contributed by atoms with Crippen LogP contribution in [0, 0.1) is 0 Å². The first kappa shape index (κ1) is 17.3. The van der Waals surface area contributed by atoms with Crippen molar-refractivity contribution in [1.82, 2.24) is 9.78 Å². The third-order valence-electron chi connectivity index (χ3n) is 4.04. The summed E-state index contributed by atoms with van der Waals surface area (Å²) in [6.07, 6.45) is 3.72. The van der Waals surface area contributed by atoms with E-state index in [1.807, 2.05) is 68.7 Å². The van der Waals surface area contributed by atoms with Crippen LogP contribution in [0.25, 0.3) is 11.1 Å². The molecule has 0 aliphatic rings. The van der Waals surface area contributed by atoms with Crippen molar-refractivity contribution in [3.8, 4) is 11.1 Å². The normalized spacial score (nSPS) is 12.0. The molecule has 1 atom stereocenters. The van der Waals surface area contributed by atoms with E-state index in [-0.39, 0.29) is 11.8 Å². The fourth-order valence-electron chi connectivity index (χ4n) is 2.62. The summed E-state index contributed by atoms with van der Waals surface area (Å²) in [4.78, 5) is 13.5. The fourth-order valence-corrected chi connectivity index (χ4v) is 3.01. The molecule has 0 radical (unpaired) electrons. The van der Waals surface area contributed by atoms with E-state index in [1.165, 1.54) is 0 Å². The monoisotopic (exact) mass is 352 g/mol. The summed E-state index contributed by atoms with van der Waals surface area (Å²) in [5.74, 6) is -0.292. The van der Waals surface area contributed by atoms with Crippen LogP contribution < -0.4 is 10.5 Å². The number of hydrogen-bond donors (Lipinski definition) is 2. The summed E-state index contributed by atoms with van der Waals surface area (Å²) in [6, 6.07) is 15.5. The largest absolute Gasteiger partial charge is 0.326 e. The predicted octanol–water partition coefficient (Wildman–Crippen LogP) is 3.80. The van der Waals surface area contributed by atoms with Gasteiger partial charge in [-0.1, -0.05) is 30.3 Å². The minimum Gasteiger partial charge on any atom is -0.326 e. The molecule has 128 valence electrons. The number of nitrogens with one attached hydrogen (secondary N) is 1. The number of nitrogens with zero attached hydrogens (tertiary/aromatic N) is 2. The maximum atomic E-state index is 12.6. The zero-order valence-electron chi connectivity index (χ0n) is 14.1. The number of nitrogens with two attached hydrogens (primary N) is 1. The van der Waals surface area contributed by atoms with Gasteiger partial charge in [-0.2, -0.15) is 5.10 Å². The number of aryl methyl sites for hydroxylation is 1. The van der Waals surface area contributed by atoms with E-state index in [9.17, 15) is 4.79 Å². The first-order valence-electron chi connectivity index (χ1n) is 7.93. The second-order valence-corrected chi connectivity index (χ2v) is 6.60. The Bertz CT molecular complexity index is 876. The highest BCUT2D eigenvalue weighted by Gasteiger charge is 2.16. The number of hydrogen-bond acceptors (Lipinski definition) is 4. The molecule has 1 aromatic heterocycles. The molecule has 0 bridgehead atoms. The molecule has 0 saturated carbocycles. The van der Waals surface area contributed by atoms with Crippen LogP contribution in [-0.2, 0) is 11.8 Å². The third kappa shape index (κ3) is 4.10. The minimum absolute atomic E-state index is 0.0532.